The van der Waals surface area contributed by atoms with Gasteiger partial charge in [-0.05, 0) is 43.6 Å². The first-order valence-electron chi connectivity index (χ1n) is 7.84. The topological polar surface area (TPSA) is 15.3 Å². The Balaban J connectivity index is 2.70. The van der Waals surface area contributed by atoms with E-state index in [4.69, 9.17) is 0 Å². The summed E-state index contributed by atoms with van der Waals surface area (Å²) < 4.78 is 0. The van der Waals surface area contributed by atoms with Crippen molar-refractivity contribution in [2.45, 2.75) is 52.0 Å². The van der Waals surface area contributed by atoms with Crippen LogP contribution in [0, 0.1) is 0 Å². The Morgan fingerprint density at radius 2 is 1.75 bits per heavy atom. The number of benzene rings is 1. The van der Waals surface area contributed by atoms with Gasteiger partial charge in [-0.25, -0.2) is 0 Å². The lowest BCUT2D eigenvalue weighted by atomic mass is 9.86. The second-order valence-corrected chi connectivity index (χ2v) is 6.83. The number of nitrogens with zero attached hydrogens (tertiary/aromatic N) is 1. The fourth-order valence-corrected chi connectivity index (χ4v) is 2.41. The Morgan fingerprint density at radius 1 is 1.15 bits per heavy atom. The molecule has 1 rings (SSSR count). The number of nitrogens with one attached hydrogen (secondary N) is 1. The van der Waals surface area contributed by atoms with E-state index >= 15 is 0 Å². The molecule has 1 aromatic carbocycles. The maximum atomic E-state index is 3.44. The van der Waals surface area contributed by atoms with E-state index in [-0.39, 0.29) is 5.41 Å². The van der Waals surface area contributed by atoms with Crippen molar-refractivity contribution in [2.75, 3.05) is 27.2 Å². The van der Waals surface area contributed by atoms with Crippen LogP contribution in [-0.2, 0) is 5.41 Å². The summed E-state index contributed by atoms with van der Waals surface area (Å²) in [5.41, 5.74) is 3.00. The van der Waals surface area contributed by atoms with Gasteiger partial charge in [0.25, 0.3) is 0 Å². The van der Waals surface area contributed by atoms with E-state index in [1.165, 1.54) is 30.5 Å². The zero-order valence-corrected chi connectivity index (χ0v) is 14.2. The van der Waals surface area contributed by atoms with Gasteiger partial charge in [0.1, 0.15) is 0 Å². The summed E-state index contributed by atoms with van der Waals surface area (Å²) in [4.78, 5) is 2.42. The summed E-state index contributed by atoms with van der Waals surface area (Å²) in [6.45, 7) is 11.3. The third-order valence-electron chi connectivity index (χ3n) is 3.92. The largest absolute Gasteiger partial charge is 0.312 e. The Bertz CT molecular complexity index is 375. The van der Waals surface area contributed by atoms with Crippen molar-refractivity contribution in [1.29, 1.82) is 0 Å². The van der Waals surface area contributed by atoms with Crippen LogP contribution >= 0.6 is 0 Å². The van der Waals surface area contributed by atoms with E-state index in [0.717, 1.165) is 6.54 Å². The molecule has 20 heavy (non-hydrogen) atoms. The Hall–Kier alpha value is -0.860. The maximum Gasteiger partial charge on any atom is 0.0446 e. The summed E-state index contributed by atoms with van der Waals surface area (Å²) in [5, 5.41) is 3.44. The zero-order valence-electron chi connectivity index (χ0n) is 14.2. The molecule has 0 spiro atoms. The average Bonchev–Trinajstić information content (AvgIpc) is 2.41. The highest BCUT2D eigenvalue weighted by Crippen LogP contribution is 2.24. The van der Waals surface area contributed by atoms with Gasteiger partial charge in [0.05, 0.1) is 0 Å². The minimum absolute atomic E-state index is 0.228. The molecule has 0 heterocycles. The van der Waals surface area contributed by atoms with Crippen LogP contribution in [0.4, 0.5) is 0 Å². The SMILES string of the molecule is CCCCN(C)CC(NC)c1ccc(C(C)(C)C)cc1. The van der Waals surface area contributed by atoms with E-state index in [9.17, 15) is 0 Å². The summed E-state index contributed by atoms with van der Waals surface area (Å²) in [7, 11) is 4.26. The lowest BCUT2D eigenvalue weighted by Crippen LogP contribution is -2.31. The highest BCUT2D eigenvalue weighted by Gasteiger charge is 2.15. The van der Waals surface area contributed by atoms with Gasteiger partial charge >= 0.3 is 0 Å². The second-order valence-electron chi connectivity index (χ2n) is 6.83. The summed E-state index contributed by atoms with van der Waals surface area (Å²) in [5.74, 6) is 0. The molecule has 0 radical (unpaired) electrons. The number of rotatable bonds is 7. The van der Waals surface area contributed by atoms with Crippen LogP contribution in [0.2, 0.25) is 0 Å². The van der Waals surface area contributed by atoms with Crippen molar-refractivity contribution >= 4 is 0 Å². The molecule has 1 unspecified atom stereocenters. The van der Waals surface area contributed by atoms with E-state index in [0.29, 0.717) is 6.04 Å². The fourth-order valence-electron chi connectivity index (χ4n) is 2.41. The first kappa shape index (κ1) is 17.2. The Morgan fingerprint density at radius 3 is 2.20 bits per heavy atom. The van der Waals surface area contributed by atoms with Crippen LogP contribution in [0.5, 0.6) is 0 Å². The van der Waals surface area contributed by atoms with Gasteiger partial charge in [-0.3, -0.25) is 0 Å². The standard InChI is InChI=1S/C18H32N2/c1-7-8-13-20(6)14-17(19-5)15-9-11-16(12-10-15)18(2,3)4/h9-12,17,19H,7-8,13-14H2,1-6H3. The van der Waals surface area contributed by atoms with E-state index in [2.05, 4.69) is 76.3 Å². The lowest BCUT2D eigenvalue weighted by molar-refractivity contribution is 0.292. The molecule has 0 fully saturated rings. The summed E-state index contributed by atoms with van der Waals surface area (Å²) in [6.07, 6.45) is 2.53. The molecule has 114 valence electrons. The first-order valence-corrected chi connectivity index (χ1v) is 7.84. The van der Waals surface area contributed by atoms with Crippen LogP contribution in [0.3, 0.4) is 0 Å². The van der Waals surface area contributed by atoms with Crippen LogP contribution < -0.4 is 5.32 Å². The zero-order chi connectivity index (χ0) is 15.2. The van der Waals surface area contributed by atoms with Crippen LogP contribution in [0.15, 0.2) is 24.3 Å². The molecule has 1 N–H and O–H groups in total. The Kier molecular flexibility index (Phi) is 6.70. The summed E-state index contributed by atoms with van der Waals surface area (Å²) in [6, 6.07) is 9.49. The average molecular weight is 276 g/mol. The molecule has 0 saturated heterocycles. The minimum Gasteiger partial charge on any atom is -0.312 e. The van der Waals surface area contributed by atoms with Crippen molar-refractivity contribution < 1.29 is 0 Å². The molecule has 1 atom stereocenters. The molecular formula is C18H32N2. The first-order chi connectivity index (χ1) is 9.38. The predicted octanol–water partition coefficient (Wildman–Crippen LogP) is 3.98. The van der Waals surface area contributed by atoms with Crippen molar-refractivity contribution in [1.82, 2.24) is 10.2 Å². The van der Waals surface area contributed by atoms with Crippen LogP contribution in [0.25, 0.3) is 0 Å². The molecule has 0 aliphatic carbocycles. The van der Waals surface area contributed by atoms with Gasteiger partial charge in [0, 0.05) is 12.6 Å². The molecule has 0 aliphatic heterocycles. The predicted molar refractivity (Wildman–Crippen MR) is 89.3 cm³/mol. The monoisotopic (exact) mass is 276 g/mol. The van der Waals surface area contributed by atoms with Crippen molar-refractivity contribution in [3.8, 4) is 0 Å². The number of hydrogen-bond donors (Lipinski definition) is 1. The lowest BCUT2D eigenvalue weighted by Gasteiger charge is -2.25. The third kappa shape index (κ3) is 5.26. The molecular weight excluding hydrogens is 244 g/mol. The van der Waals surface area contributed by atoms with E-state index in [1.807, 2.05) is 0 Å². The van der Waals surface area contributed by atoms with Gasteiger partial charge in [-0.2, -0.15) is 0 Å². The van der Waals surface area contributed by atoms with Crippen molar-refractivity contribution in [3.63, 3.8) is 0 Å². The number of hydrogen-bond acceptors (Lipinski definition) is 2. The smallest absolute Gasteiger partial charge is 0.0446 e. The fraction of sp³-hybridized carbons (Fsp3) is 0.667. The van der Waals surface area contributed by atoms with Crippen LogP contribution in [0.1, 0.15) is 57.7 Å². The molecule has 1 aromatic rings. The third-order valence-corrected chi connectivity index (χ3v) is 3.92. The van der Waals surface area contributed by atoms with E-state index in [1.54, 1.807) is 0 Å². The highest BCUT2D eigenvalue weighted by molar-refractivity contribution is 5.29. The van der Waals surface area contributed by atoms with Gasteiger partial charge in [-0.1, -0.05) is 58.4 Å². The number of unbranched alkanes of at least 4 members (excludes halogenated alkanes) is 1. The van der Waals surface area contributed by atoms with Crippen molar-refractivity contribution in [2.24, 2.45) is 0 Å². The molecule has 0 saturated carbocycles. The number of likely N-dealkylation sites (N-methyl/N-ethyl adjacent to an activating group) is 2. The molecule has 0 aromatic heterocycles. The van der Waals surface area contributed by atoms with Gasteiger partial charge in [-0.15, -0.1) is 0 Å². The molecule has 0 aliphatic rings. The molecule has 0 bridgehead atoms. The second kappa shape index (κ2) is 7.80. The summed E-state index contributed by atoms with van der Waals surface area (Å²) >= 11 is 0. The molecule has 2 heteroatoms. The van der Waals surface area contributed by atoms with Gasteiger partial charge < -0.3 is 10.2 Å². The van der Waals surface area contributed by atoms with E-state index < -0.39 is 0 Å². The quantitative estimate of drug-likeness (QED) is 0.810. The normalized spacial score (nSPS) is 13.8. The molecule has 0 amide bonds. The Labute approximate surface area is 125 Å². The highest BCUT2D eigenvalue weighted by atomic mass is 15.1. The van der Waals surface area contributed by atoms with Gasteiger partial charge in [0.2, 0.25) is 0 Å². The van der Waals surface area contributed by atoms with Crippen LogP contribution in [-0.4, -0.2) is 32.1 Å². The minimum atomic E-state index is 0.228. The molecule has 2 nitrogen and oxygen atoms in total. The van der Waals surface area contributed by atoms with Gasteiger partial charge in [0.15, 0.2) is 0 Å². The van der Waals surface area contributed by atoms with Crippen molar-refractivity contribution in [3.05, 3.63) is 35.4 Å². The maximum absolute atomic E-state index is 3.44.